The third-order valence-electron chi connectivity index (χ3n) is 3.27. The van der Waals surface area contributed by atoms with Crippen LogP contribution in [0.15, 0.2) is 48.5 Å². The van der Waals surface area contributed by atoms with Crippen LogP contribution < -0.4 is 4.74 Å². The highest BCUT2D eigenvalue weighted by molar-refractivity contribution is 6.32. The quantitative estimate of drug-likeness (QED) is 0.450. The van der Waals surface area contributed by atoms with E-state index in [9.17, 15) is 9.59 Å². The van der Waals surface area contributed by atoms with E-state index in [1.54, 1.807) is 18.2 Å². The first-order chi connectivity index (χ1) is 11.5. The van der Waals surface area contributed by atoms with Gasteiger partial charge in [-0.15, -0.1) is 0 Å². The van der Waals surface area contributed by atoms with Crippen LogP contribution >= 0.6 is 11.6 Å². The normalized spacial score (nSPS) is 10.6. The lowest BCUT2D eigenvalue weighted by Crippen LogP contribution is -2.12. The van der Waals surface area contributed by atoms with Crippen LogP contribution in [0.4, 0.5) is 0 Å². The Morgan fingerprint density at radius 1 is 1.17 bits per heavy atom. The van der Waals surface area contributed by atoms with Gasteiger partial charge in [-0.25, -0.2) is 4.79 Å². The standard InChI is InChI=1S/C19H17ClO4/c1-13-4-3-5-14(10-13)6-9-19(22)24-12-17(21)15-7-8-18(23-2)16(20)11-15/h3-11H,12H2,1-2H3/b9-6+. The lowest BCUT2D eigenvalue weighted by Gasteiger charge is -2.05. The minimum absolute atomic E-state index is 0.328. The largest absolute Gasteiger partial charge is 0.495 e. The molecule has 0 aromatic heterocycles. The molecule has 2 aromatic rings. The van der Waals surface area contributed by atoms with Crippen LogP contribution in [-0.4, -0.2) is 25.5 Å². The first kappa shape index (κ1) is 17.8. The molecule has 4 nitrogen and oxygen atoms in total. The minimum atomic E-state index is -0.579. The van der Waals surface area contributed by atoms with Crippen molar-refractivity contribution in [3.63, 3.8) is 0 Å². The molecule has 0 bridgehead atoms. The van der Waals surface area contributed by atoms with Gasteiger partial charge in [0.1, 0.15) is 5.75 Å². The van der Waals surface area contributed by atoms with Crippen molar-refractivity contribution in [2.75, 3.05) is 13.7 Å². The van der Waals surface area contributed by atoms with Crippen LogP contribution in [0.25, 0.3) is 6.08 Å². The van der Waals surface area contributed by atoms with Gasteiger partial charge in [0.05, 0.1) is 12.1 Å². The fraction of sp³-hybridized carbons (Fsp3) is 0.158. The smallest absolute Gasteiger partial charge is 0.331 e. The molecule has 2 aromatic carbocycles. The summed E-state index contributed by atoms with van der Waals surface area (Å²) in [6.45, 7) is 1.62. The molecule has 0 atom stereocenters. The SMILES string of the molecule is COc1ccc(C(=O)COC(=O)/C=C/c2cccc(C)c2)cc1Cl. The average molecular weight is 345 g/mol. The van der Waals surface area contributed by atoms with Crippen LogP contribution in [0.1, 0.15) is 21.5 Å². The molecule has 0 saturated carbocycles. The highest BCUT2D eigenvalue weighted by Crippen LogP contribution is 2.25. The summed E-state index contributed by atoms with van der Waals surface area (Å²) < 4.78 is 9.98. The Morgan fingerprint density at radius 3 is 2.62 bits per heavy atom. The van der Waals surface area contributed by atoms with E-state index in [4.69, 9.17) is 21.1 Å². The highest BCUT2D eigenvalue weighted by atomic mass is 35.5. The molecule has 124 valence electrons. The Hall–Kier alpha value is -2.59. The fourth-order valence-corrected chi connectivity index (χ4v) is 2.30. The summed E-state index contributed by atoms with van der Waals surface area (Å²) >= 11 is 5.97. The van der Waals surface area contributed by atoms with E-state index < -0.39 is 5.97 Å². The molecule has 5 heteroatoms. The number of hydrogen-bond acceptors (Lipinski definition) is 4. The van der Waals surface area contributed by atoms with E-state index in [0.29, 0.717) is 16.3 Å². The van der Waals surface area contributed by atoms with Crippen molar-refractivity contribution >= 4 is 29.4 Å². The first-order valence-electron chi connectivity index (χ1n) is 7.28. The van der Waals surface area contributed by atoms with Crippen LogP contribution in [0.5, 0.6) is 5.75 Å². The van der Waals surface area contributed by atoms with Gasteiger partial charge in [-0.2, -0.15) is 0 Å². The third-order valence-corrected chi connectivity index (χ3v) is 3.57. The maximum Gasteiger partial charge on any atom is 0.331 e. The molecule has 0 aliphatic rings. The van der Waals surface area contributed by atoms with Gasteiger partial charge in [-0.1, -0.05) is 41.4 Å². The summed E-state index contributed by atoms with van der Waals surface area (Å²) in [5.41, 5.74) is 2.34. The second kappa shape index (κ2) is 8.31. The molecule has 2 rings (SSSR count). The Kier molecular flexibility index (Phi) is 6.15. The van der Waals surface area contributed by atoms with E-state index in [2.05, 4.69) is 0 Å². The summed E-state index contributed by atoms with van der Waals surface area (Å²) in [6.07, 6.45) is 2.94. The average Bonchev–Trinajstić information content (AvgIpc) is 2.57. The summed E-state index contributed by atoms with van der Waals surface area (Å²) in [5, 5.41) is 0.328. The van der Waals surface area contributed by atoms with E-state index in [1.807, 2.05) is 31.2 Å². The second-order valence-electron chi connectivity index (χ2n) is 5.13. The molecule has 0 N–H and O–H groups in total. The van der Waals surface area contributed by atoms with E-state index >= 15 is 0 Å². The van der Waals surface area contributed by atoms with Gasteiger partial charge in [0.2, 0.25) is 0 Å². The molecule has 0 unspecified atom stereocenters. The number of esters is 1. The van der Waals surface area contributed by atoms with Crippen molar-refractivity contribution < 1.29 is 19.1 Å². The van der Waals surface area contributed by atoms with Gasteiger partial charge < -0.3 is 9.47 Å². The maximum atomic E-state index is 12.0. The number of benzene rings is 2. The molecule has 0 aliphatic carbocycles. The molecule has 0 radical (unpaired) electrons. The summed E-state index contributed by atoms with van der Waals surface area (Å²) in [5.74, 6) is -0.437. The Bertz CT molecular complexity index is 781. The molecule has 24 heavy (non-hydrogen) atoms. The van der Waals surface area contributed by atoms with Gasteiger partial charge in [0, 0.05) is 11.6 Å². The molecule has 0 heterocycles. The van der Waals surface area contributed by atoms with Crippen LogP contribution in [-0.2, 0) is 9.53 Å². The predicted molar refractivity (Wildman–Crippen MR) is 93.5 cm³/mol. The number of ketones is 1. The number of ether oxygens (including phenoxy) is 2. The molecule has 0 saturated heterocycles. The summed E-state index contributed by atoms with van der Waals surface area (Å²) in [7, 11) is 1.49. The van der Waals surface area contributed by atoms with Crippen molar-refractivity contribution in [1.82, 2.24) is 0 Å². The first-order valence-corrected chi connectivity index (χ1v) is 7.65. The molecular formula is C19H17ClO4. The van der Waals surface area contributed by atoms with Gasteiger partial charge in [-0.05, 0) is 36.8 Å². The van der Waals surface area contributed by atoms with Crippen molar-refractivity contribution in [2.24, 2.45) is 0 Å². The third kappa shape index (κ3) is 4.96. The monoisotopic (exact) mass is 344 g/mol. The van der Waals surface area contributed by atoms with E-state index in [0.717, 1.165) is 11.1 Å². The maximum absolute atomic E-state index is 12.0. The van der Waals surface area contributed by atoms with Crippen LogP contribution in [0, 0.1) is 6.92 Å². The zero-order chi connectivity index (χ0) is 17.5. The second-order valence-corrected chi connectivity index (χ2v) is 5.53. The zero-order valence-electron chi connectivity index (χ0n) is 13.4. The van der Waals surface area contributed by atoms with Crippen LogP contribution in [0.3, 0.4) is 0 Å². The van der Waals surface area contributed by atoms with Crippen molar-refractivity contribution in [3.8, 4) is 5.75 Å². The van der Waals surface area contributed by atoms with Gasteiger partial charge in [-0.3, -0.25) is 4.79 Å². The number of rotatable bonds is 6. The predicted octanol–water partition coefficient (Wildman–Crippen LogP) is 4.10. The summed E-state index contributed by atoms with van der Waals surface area (Å²) in [6, 6.07) is 12.3. The number of methoxy groups -OCH3 is 1. The number of Topliss-reactive ketones (excluding diaryl/α,β-unsaturated/α-hetero) is 1. The van der Waals surface area contributed by atoms with E-state index in [1.165, 1.54) is 19.3 Å². The molecular weight excluding hydrogens is 328 g/mol. The number of aryl methyl sites for hydroxylation is 1. The Balaban J connectivity index is 1.91. The van der Waals surface area contributed by atoms with Gasteiger partial charge in [0.25, 0.3) is 0 Å². The van der Waals surface area contributed by atoms with Gasteiger partial charge in [0.15, 0.2) is 12.4 Å². The van der Waals surface area contributed by atoms with Gasteiger partial charge >= 0.3 is 5.97 Å². The topological polar surface area (TPSA) is 52.6 Å². The molecule has 0 fully saturated rings. The molecule has 0 spiro atoms. The van der Waals surface area contributed by atoms with Crippen molar-refractivity contribution in [1.29, 1.82) is 0 Å². The fourth-order valence-electron chi connectivity index (χ4n) is 2.05. The minimum Gasteiger partial charge on any atom is -0.495 e. The zero-order valence-corrected chi connectivity index (χ0v) is 14.2. The lowest BCUT2D eigenvalue weighted by atomic mass is 10.1. The lowest BCUT2D eigenvalue weighted by molar-refractivity contribution is -0.136. The highest BCUT2D eigenvalue weighted by Gasteiger charge is 2.11. The molecule has 0 aliphatic heterocycles. The number of hydrogen-bond donors (Lipinski definition) is 0. The number of carbonyl (C=O) groups is 2. The van der Waals surface area contributed by atoms with Crippen LogP contribution in [0.2, 0.25) is 5.02 Å². The Morgan fingerprint density at radius 2 is 1.96 bits per heavy atom. The number of halogens is 1. The number of carbonyl (C=O) groups excluding carboxylic acids is 2. The summed E-state index contributed by atoms with van der Waals surface area (Å²) in [4.78, 5) is 23.7. The van der Waals surface area contributed by atoms with E-state index in [-0.39, 0.29) is 12.4 Å². The van der Waals surface area contributed by atoms with Crippen molar-refractivity contribution in [3.05, 3.63) is 70.3 Å². The Labute approximate surface area is 145 Å². The molecule has 0 amide bonds. The van der Waals surface area contributed by atoms with Crippen molar-refractivity contribution in [2.45, 2.75) is 6.92 Å².